The molecule has 0 aliphatic heterocycles. The molecule has 0 aliphatic rings. The highest BCUT2D eigenvalue weighted by Crippen LogP contribution is 2.12. The van der Waals surface area contributed by atoms with Crippen molar-refractivity contribution in [1.82, 2.24) is 15.5 Å². The van der Waals surface area contributed by atoms with Crippen LogP contribution in [0.3, 0.4) is 0 Å². The smallest absolute Gasteiger partial charge is 0.287 e. The summed E-state index contributed by atoms with van der Waals surface area (Å²) in [6, 6.07) is 2.12. The third-order valence-electron chi connectivity index (χ3n) is 2.89. The number of carbonyl (C=O) groups excluding carboxylic acids is 1. The Balaban J connectivity index is 2.62. The number of hydrogen-bond donors (Lipinski definition) is 2. The van der Waals surface area contributed by atoms with Crippen molar-refractivity contribution < 1.29 is 9.32 Å². The topological polar surface area (TPSA) is 84.4 Å². The Kier molecular flexibility index (Phi) is 5.11. The maximum Gasteiger partial charge on any atom is 0.287 e. The molecule has 0 atom stereocenters. The zero-order chi connectivity index (χ0) is 12.8. The SMILES string of the molecule is CCC(CC)N(C)Cc1cc(C(=O)NN)no1. The number of nitrogens with two attached hydrogens (primary N) is 1. The summed E-state index contributed by atoms with van der Waals surface area (Å²) in [7, 11) is 2.03. The maximum absolute atomic E-state index is 11.2. The van der Waals surface area contributed by atoms with Gasteiger partial charge in [-0.25, -0.2) is 5.84 Å². The van der Waals surface area contributed by atoms with Gasteiger partial charge in [0.05, 0.1) is 6.54 Å². The van der Waals surface area contributed by atoms with E-state index in [-0.39, 0.29) is 5.69 Å². The van der Waals surface area contributed by atoms with Crippen LogP contribution in [0.25, 0.3) is 0 Å². The predicted octanol–water partition coefficient (Wildman–Crippen LogP) is 0.899. The number of rotatable bonds is 6. The van der Waals surface area contributed by atoms with Crippen molar-refractivity contribution in [1.29, 1.82) is 0 Å². The fraction of sp³-hybridized carbons (Fsp3) is 0.636. The number of amides is 1. The van der Waals surface area contributed by atoms with Gasteiger partial charge >= 0.3 is 0 Å². The third kappa shape index (κ3) is 3.54. The molecule has 0 bridgehead atoms. The minimum Gasteiger partial charge on any atom is -0.359 e. The largest absolute Gasteiger partial charge is 0.359 e. The van der Waals surface area contributed by atoms with Gasteiger partial charge in [0.2, 0.25) is 0 Å². The van der Waals surface area contributed by atoms with Crippen LogP contribution in [0.15, 0.2) is 10.6 Å². The molecule has 96 valence electrons. The summed E-state index contributed by atoms with van der Waals surface area (Å²) < 4.78 is 5.09. The second-order valence-corrected chi connectivity index (χ2v) is 4.04. The summed E-state index contributed by atoms with van der Waals surface area (Å²) in [5, 5.41) is 3.66. The van der Waals surface area contributed by atoms with E-state index in [9.17, 15) is 4.79 Å². The van der Waals surface area contributed by atoms with Crippen molar-refractivity contribution in [3.8, 4) is 0 Å². The van der Waals surface area contributed by atoms with Crippen LogP contribution in [0.1, 0.15) is 42.9 Å². The summed E-state index contributed by atoms with van der Waals surface area (Å²) in [5.41, 5.74) is 2.23. The molecule has 3 N–H and O–H groups in total. The normalized spacial score (nSPS) is 11.2. The van der Waals surface area contributed by atoms with Gasteiger partial charge in [-0.3, -0.25) is 15.1 Å². The standard InChI is InChI=1S/C11H20N4O2/c1-4-8(5-2)15(3)7-9-6-10(14-17-9)11(16)13-12/h6,8H,4-5,7,12H2,1-3H3,(H,13,16). The van der Waals surface area contributed by atoms with Crippen LogP contribution in [0.2, 0.25) is 0 Å². The fourth-order valence-corrected chi connectivity index (χ4v) is 1.86. The second-order valence-electron chi connectivity index (χ2n) is 4.04. The van der Waals surface area contributed by atoms with Crippen LogP contribution in [0.5, 0.6) is 0 Å². The number of nitrogen functional groups attached to an aromatic ring is 1. The van der Waals surface area contributed by atoms with Crippen LogP contribution < -0.4 is 11.3 Å². The Morgan fingerprint density at radius 1 is 1.59 bits per heavy atom. The first-order chi connectivity index (χ1) is 8.12. The Morgan fingerprint density at radius 2 is 2.24 bits per heavy atom. The lowest BCUT2D eigenvalue weighted by Crippen LogP contribution is -2.30. The summed E-state index contributed by atoms with van der Waals surface area (Å²) in [6.45, 7) is 4.94. The number of hydrogen-bond acceptors (Lipinski definition) is 5. The maximum atomic E-state index is 11.2. The molecule has 0 saturated heterocycles. The van der Waals surface area contributed by atoms with Gasteiger partial charge in [-0.2, -0.15) is 0 Å². The number of carbonyl (C=O) groups is 1. The molecule has 0 unspecified atom stereocenters. The van der Waals surface area contributed by atoms with Crippen LogP contribution in [-0.4, -0.2) is 29.1 Å². The molecular weight excluding hydrogens is 220 g/mol. The Hall–Kier alpha value is -1.40. The first-order valence-electron chi connectivity index (χ1n) is 5.79. The van der Waals surface area contributed by atoms with E-state index in [2.05, 4.69) is 23.9 Å². The third-order valence-corrected chi connectivity index (χ3v) is 2.89. The number of aromatic nitrogens is 1. The molecule has 0 spiro atoms. The molecule has 1 heterocycles. The minimum atomic E-state index is -0.440. The lowest BCUT2D eigenvalue weighted by atomic mass is 10.1. The monoisotopic (exact) mass is 240 g/mol. The van der Waals surface area contributed by atoms with Crippen molar-refractivity contribution in [3.63, 3.8) is 0 Å². The average Bonchev–Trinajstić information content (AvgIpc) is 2.78. The second kappa shape index (κ2) is 6.36. The highest BCUT2D eigenvalue weighted by atomic mass is 16.5. The molecule has 6 nitrogen and oxygen atoms in total. The van der Waals surface area contributed by atoms with Crippen LogP contribution in [-0.2, 0) is 6.54 Å². The molecule has 1 aromatic rings. The molecule has 0 fully saturated rings. The van der Waals surface area contributed by atoms with E-state index >= 15 is 0 Å². The number of hydrazine groups is 1. The molecular formula is C11H20N4O2. The van der Waals surface area contributed by atoms with Gasteiger partial charge < -0.3 is 4.52 Å². The minimum absolute atomic E-state index is 0.209. The van der Waals surface area contributed by atoms with E-state index in [1.807, 2.05) is 12.5 Å². The lowest BCUT2D eigenvalue weighted by molar-refractivity contribution is 0.0944. The van der Waals surface area contributed by atoms with E-state index in [1.165, 1.54) is 0 Å². The molecule has 1 rings (SSSR count). The first-order valence-corrected chi connectivity index (χ1v) is 5.79. The molecule has 17 heavy (non-hydrogen) atoms. The molecule has 0 aromatic carbocycles. The van der Waals surface area contributed by atoms with Gasteiger partial charge in [-0.15, -0.1) is 0 Å². The van der Waals surface area contributed by atoms with E-state index in [0.717, 1.165) is 12.8 Å². The van der Waals surface area contributed by atoms with Crippen molar-refractivity contribution in [2.24, 2.45) is 5.84 Å². The molecule has 1 amide bonds. The van der Waals surface area contributed by atoms with Crippen molar-refractivity contribution in [2.45, 2.75) is 39.3 Å². The Labute approximate surface area is 101 Å². The van der Waals surface area contributed by atoms with Crippen molar-refractivity contribution in [3.05, 3.63) is 17.5 Å². The van der Waals surface area contributed by atoms with Crippen molar-refractivity contribution in [2.75, 3.05) is 7.05 Å². The average molecular weight is 240 g/mol. The summed E-state index contributed by atoms with van der Waals surface area (Å²) >= 11 is 0. The number of nitrogens with one attached hydrogen (secondary N) is 1. The highest BCUT2D eigenvalue weighted by molar-refractivity contribution is 5.91. The molecule has 1 aromatic heterocycles. The summed E-state index contributed by atoms with van der Waals surface area (Å²) in [4.78, 5) is 13.4. The lowest BCUT2D eigenvalue weighted by Gasteiger charge is -2.24. The summed E-state index contributed by atoms with van der Waals surface area (Å²) in [5.74, 6) is 5.24. The van der Waals surface area contributed by atoms with Crippen LogP contribution in [0.4, 0.5) is 0 Å². The zero-order valence-corrected chi connectivity index (χ0v) is 10.6. The zero-order valence-electron chi connectivity index (χ0n) is 10.6. The quantitative estimate of drug-likeness (QED) is 0.438. The van der Waals surface area contributed by atoms with Crippen LogP contribution >= 0.6 is 0 Å². The van der Waals surface area contributed by atoms with Gasteiger partial charge in [0.15, 0.2) is 11.5 Å². The Bertz CT molecular complexity index is 360. The van der Waals surface area contributed by atoms with Gasteiger partial charge in [-0.1, -0.05) is 19.0 Å². The van der Waals surface area contributed by atoms with Gasteiger partial charge in [0.25, 0.3) is 5.91 Å². The van der Waals surface area contributed by atoms with E-state index in [1.54, 1.807) is 6.07 Å². The summed E-state index contributed by atoms with van der Waals surface area (Å²) in [6.07, 6.45) is 2.16. The fourth-order valence-electron chi connectivity index (χ4n) is 1.86. The van der Waals surface area contributed by atoms with Crippen LogP contribution in [0, 0.1) is 0 Å². The highest BCUT2D eigenvalue weighted by Gasteiger charge is 2.15. The predicted molar refractivity (Wildman–Crippen MR) is 64.0 cm³/mol. The van der Waals surface area contributed by atoms with E-state index < -0.39 is 5.91 Å². The molecule has 0 aliphatic carbocycles. The first kappa shape index (κ1) is 13.7. The van der Waals surface area contributed by atoms with E-state index in [0.29, 0.717) is 18.3 Å². The molecule has 0 saturated carbocycles. The number of nitrogens with zero attached hydrogens (tertiary/aromatic N) is 2. The molecule has 0 radical (unpaired) electrons. The Morgan fingerprint density at radius 3 is 2.76 bits per heavy atom. The van der Waals surface area contributed by atoms with Crippen molar-refractivity contribution >= 4 is 5.91 Å². The van der Waals surface area contributed by atoms with E-state index in [4.69, 9.17) is 10.4 Å². The molecule has 6 heteroatoms. The van der Waals surface area contributed by atoms with Gasteiger partial charge in [-0.05, 0) is 19.9 Å². The van der Waals surface area contributed by atoms with Gasteiger partial charge in [0.1, 0.15) is 0 Å². The van der Waals surface area contributed by atoms with Gasteiger partial charge in [0, 0.05) is 12.1 Å².